The van der Waals surface area contributed by atoms with E-state index in [1.807, 2.05) is 19.1 Å². The van der Waals surface area contributed by atoms with Crippen LogP contribution in [0.2, 0.25) is 0 Å². The molecule has 1 aromatic rings. The Morgan fingerprint density at radius 3 is 1.93 bits per heavy atom. The van der Waals surface area contributed by atoms with E-state index < -0.39 is 0 Å². The largest absolute Gasteiger partial charge is 0.496 e. The molecular weight excluding hydrogens is 192 g/mol. The van der Waals surface area contributed by atoms with E-state index in [9.17, 15) is 0 Å². The van der Waals surface area contributed by atoms with Crippen molar-refractivity contribution in [3.05, 3.63) is 24.1 Å². The Bertz CT molecular complexity index is 321. The first-order valence-corrected chi connectivity index (χ1v) is 4.83. The first kappa shape index (κ1) is 11.7. The lowest BCUT2D eigenvalue weighted by Gasteiger charge is -2.13. The lowest BCUT2D eigenvalue weighted by molar-refractivity contribution is 0.347. The molecule has 15 heavy (non-hydrogen) atoms. The van der Waals surface area contributed by atoms with E-state index in [0.29, 0.717) is 5.75 Å². The van der Waals surface area contributed by atoms with Crippen LogP contribution in [0.25, 0.3) is 0 Å². The van der Waals surface area contributed by atoms with Crippen molar-refractivity contribution in [2.45, 2.75) is 13.3 Å². The molecule has 0 bridgehead atoms. The highest BCUT2D eigenvalue weighted by atomic mass is 16.5. The minimum atomic E-state index is 0.689. The molecule has 0 atom stereocenters. The molecule has 1 aromatic carbocycles. The predicted molar refractivity (Wildman–Crippen MR) is 59.8 cm³/mol. The van der Waals surface area contributed by atoms with Gasteiger partial charge in [-0.2, -0.15) is 0 Å². The van der Waals surface area contributed by atoms with Crippen LogP contribution in [0.3, 0.4) is 0 Å². The van der Waals surface area contributed by atoms with E-state index in [4.69, 9.17) is 14.2 Å². The molecule has 3 nitrogen and oxygen atoms in total. The molecule has 0 aliphatic rings. The molecule has 0 N–H and O–H groups in total. The van der Waals surface area contributed by atoms with E-state index in [1.165, 1.54) is 0 Å². The molecule has 83 valence electrons. The van der Waals surface area contributed by atoms with Gasteiger partial charge in [-0.05, 0) is 24.5 Å². The van der Waals surface area contributed by atoms with Crippen molar-refractivity contribution in [3.8, 4) is 17.2 Å². The molecule has 0 aliphatic carbocycles. The van der Waals surface area contributed by atoms with Crippen molar-refractivity contribution in [2.75, 3.05) is 21.3 Å². The average Bonchev–Trinajstić information content (AvgIpc) is 2.28. The summed E-state index contributed by atoms with van der Waals surface area (Å²) in [5.74, 6) is 2.25. The van der Waals surface area contributed by atoms with E-state index in [1.54, 1.807) is 21.3 Å². The predicted octanol–water partition coefficient (Wildman–Crippen LogP) is 2.48. The average molecular weight is 209 g/mol. The minimum Gasteiger partial charge on any atom is -0.496 e. The molecule has 0 spiro atoms. The Kier molecular flexibility index (Phi) is 4.28. The van der Waals surface area contributed by atoms with Crippen LogP contribution in [-0.2, 0) is 6.42 Å². The summed E-state index contributed by atoms with van der Waals surface area (Å²) in [6, 6.07) is 3.79. The number of hydrogen-bond donors (Lipinski definition) is 0. The van der Waals surface area contributed by atoms with Gasteiger partial charge < -0.3 is 14.2 Å². The zero-order valence-corrected chi connectivity index (χ0v) is 9.66. The van der Waals surface area contributed by atoms with Crippen molar-refractivity contribution in [1.29, 1.82) is 0 Å². The molecule has 1 rings (SSSR count). The highest BCUT2D eigenvalue weighted by Crippen LogP contribution is 2.34. The molecule has 0 saturated heterocycles. The second-order valence-corrected chi connectivity index (χ2v) is 3.13. The summed E-state index contributed by atoms with van der Waals surface area (Å²) >= 11 is 0. The Hall–Kier alpha value is -1.38. The van der Waals surface area contributed by atoms with Crippen LogP contribution < -0.4 is 14.2 Å². The summed E-state index contributed by atoms with van der Waals surface area (Å²) in [6.45, 7) is 2.01. The molecule has 0 heterocycles. The van der Waals surface area contributed by atoms with Gasteiger partial charge in [-0.1, -0.05) is 6.92 Å². The fraction of sp³-hybridized carbons (Fsp3) is 0.417. The number of hydrogen-bond acceptors (Lipinski definition) is 3. The number of rotatable bonds is 5. The first-order valence-electron chi connectivity index (χ1n) is 4.83. The van der Waals surface area contributed by atoms with Gasteiger partial charge >= 0.3 is 0 Å². The molecule has 0 aliphatic heterocycles. The Morgan fingerprint density at radius 2 is 1.47 bits per heavy atom. The van der Waals surface area contributed by atoms with Crippen LogP contribution in [0, 0.1) is 6.42 Å². The van der Waals surface area contributed by atoms with Gasteiger partial charge in [0.05, 0.1) is 21.3 Å². The third-order valence-electron chi connectivity index (χ3n) is 2.21. The molecule has 0 fully saturated rings. The van der Waals surface area contributed by atoms with Crippen molar-refractivity contribution < 1.29 is 14.2 Å². The summed E-state index contributed by atoms with van der Waals surface area (Å²) in [7, 11) is 4.90. The Labute approximate surface area is 91.0 Å². The Morgan fingerprint density at radius 1 is 0.933 bits per heavy atom. The van der Waals surface area contributed by atoms with Crippen molar-refractivity contribution in [3.63, 3.8) is 0 Å². The van der Waals surface area contributed by atoms with E-state index in [2.05, 4.69) is 6.42 Å². The van der Waals surface area contributed by atoms with Crippen LogP contribution in [0.1, 0.15) is 12.5 Å². The zero-order chi connectivity index (χ0) is 11.3. The van der Waals surface area contributed by atoms with Crippen LogP contribution in [0.4, 0.5) is 0 Å². The van der Waals surface area contributed by atoms with E-state index >= 15 is 0 Å². The Balaban J connectivity index is 3.15. The van der Waals surface area contributed by atoms with Gasteiger partial charge in [-0.25, -0.2) is 0 Å². The summed E-state index contributed by atoms with van der Waals surface area (Å²) < 4.78 is 15.7. The van der Waals surface area contributed by atoms with Gasteiger partial charge in [0.25, 0.3) is 0 Å². The molecular formula is C12H17O3. The summed E-state index contributed by atoms with van der Waals surface area (Å²) in [5, 5.41) is 0. The fourth-order valence-corrected chi connectivity index (χ4v) is 1.47. The second-order valence-electron chi connectivity index (χ2n) is 3.13. The van der Waals surface area contributed by atoms with Crippen LogP contribution in [0.15, 0.2) is 12.1 Å². The third-order valence-corrected chi connectivity index (χ3v) is 2.21. The smallest absolute Gasteiger partial charge is 0.164 e. The molecule has 0 unspecified atom stereocenters. The molecule has 1 radical (unpaired) electrons. The highest BCUT2D eigenvalue weighted by molar-refractivity contribution is 5.51. The number of methoxy groups -OCH3 is 3. The summed E-state index contributed by atoms with van der Waals surface area (Å²) in [5.41, 5.74) is 1.10. The number of benzene rings is 1. The van der Waals surface area contributed by atoms with E-state index in [-0.39, 0.29) is 0 Å². The van der Waals surface area contributed by atoms with E-state index in [0.717, 1.165) is 23.5 Å². The highest BCUT2D eigenvalue weighted by Gasteiger charge is 2.10. The van der Waals surface area contributed by atoms with Crippen molar-refractivity contribution in [2.24, 2.45) is 0 Å². The molecule has 0 amide bonds. The summed E-state index contributed by atoms with van der Waals surface area (Å²) in [4.78, 5) is 0. The van der Waals surface area contributed by atoms with Crippen LogP contribution in [0.5, 0.6) is 17.2 Å². The van der Waals surface area contributed by atoms with Gasteiger partial charge in [0.1, 0.15) is 5.75 Å². The first-order chi connectivity index (χ1) is 7.26. The number of ether oxygens (including phenoxy) is 3. The maximum Gasteiger partial charge on any atom is 0.164 e. The second kappa shape index (κ2) is 5.49. The standard InChI is InChI=1S/C12H17O3/c1-5-6-9-7-11(14-3)12(15-4)8-10(9)13-2/h5,7-8H,6H2,1-4H3. The van der Waals surface area contributed by atoms with Gasteiger partial charge in [0, 0.05) is 6.07 Å². The van der Waals surface area contributed by atoms with Crippen LogP contribution >= 0.6 is 0 Å². The van der Waals surface area contributed by atoms with Gasteiger partial charge in [-0.15, -0.1) is 0 Å². The lowest BCUT2D eigenvalue weighted by Crippen LogP contribution is -1.97. The lowest BCUT2D eigenvalue weighted by atomic mass is 10.1. The topological polar surface area (TPSA) is 27.7 Å². The monoisotopic (exact) mass is 209 g/mol. The SMILES string of the molecule is C[CH]Cc1cc(OC)c(OC)cc1OC. The molecule has 3 heteroatoms. The third kappa shape index (κ3) is 2.55. The quantitative estimate of drug-likeness (QED) is 0.745. The van der Waals surface area contributed by atoms with Crippen molar-refractivity contribution in [1.82, 2.24) is 0 Å². The maximum atomic E-state index is 5.28. The normalized spacial score (nSPS) is 9.87. The van der Waals surface area contributed by atoms with Crippen molar-refractivity contribution >= 4 is 0 Å². The van der Waals surface area contributed by atoms with Gasteiger partial charge in [0.15, 0.2) is 11.5 Å². The van der Waals surface area contributed by atoms with Crippen LogP contribution in [-0.4, -0.2) is 21.3 Å². The minimum absolute atomic E-state index is 0.689. The summed E-state index contributed by atoms with van der Waals surface area (Å²) in [6.07, 6.45) is 2.92. The fourth-order valence-electron chi connectivity index (χ4n) is 1.47. The van der Waals surface area contributed by atoms with Gasteiger partial charge in [0.2, 0.25) is 0 Å². The zero-order valence-electron chi connectivity index (χ0n) is 9.66. The maximum absolute atomic E-state index is 5.28. The molecule has 0 saturated carbocycles. The molecule has 0 aromatic heterocycles. The van der Waals surface area contributed by atoms with Gasteiger partial charge in [-0.3, -0.25) is 0 Å².